The Kier molecular flexibility index (Phi) is 5.92. The second-order valence-electron chi connectivity index (χ2n) is 5.45. The van der Waals surface area contributed by atoms with Crippen molar-refractivity contribution in [2.24, 2.45) is 5.10 Å². The molecule has 0 aromatic heterocycles. The SMILES string of the molecule is CCc1ccc(C(C)=NNC(=O)CNc2ccccc2C)cc1. The van der Waals surface area contributed by atoms with E-state index in [4.69, 9.17) is 0 Å². The van der Waals surface area contributed by atoms with Crippen molar-refractivity contribution in [3.8, 4) is 0 Å². The van der Waals surface area contributed by atoms with Gasteiger partial charge in [-0.1, -0.05) is 49.4 Å². The Morgan fingerprint density at radius 2 is 1.78 bits per heavy atom. The molecule has 2 rings (SSSR count). The van der Waals surface area contributed by atoms with Gasteiger partial charge in [0.2, 0.25) is 0 Å². The maximum Gasteiger partial charge on any atom is 0.259 e. The van der Waals surface area contributed by atoms with E-state index in [1.165, 1.54) is 5.56 Å². The number of nitrogens with zero attached hydrogens (tertiary/aromatic N) is 1. The van der Waals surface area contributed by atoms with Crippen molar-refractivity contribution in [2.75, 3.05) is 11.9 Å². The molecule has 0 aliphatic heterocycles. The van der Waals surface area contributed by atoms with E-state index in [1.807, 2.05) is 50.2 Å². The van der Waals surface area contributed by atoms with Gasteiger partial charge in [-0.2, -0.15) is 5.10 Å². The molecule has 4 nitrogen and oxygen atoms in total. The van der Waals surface area contributed by atoms with Gasteiger partial charge in [0.1, 0.15) is 0 Å². The molecule has 0 fully saturated rings. The number of anilines is 1. The van der Waals surface area contributed by atoms with Crippen LogP contribution < -0.4 is 10.7 Å². The number of carbonyl (C=O) groups excluding carboxylic acids is 1. The Balaban J connectivity index is 1.88. The van der Waals surface area contributed by atoms with Crippen LogP contribution in [-0.4, -0.2) is 18.2 Å². The van der Waals surface area contributed by atoms with Gasteiger partial charge in [-0.05, 0) is 43.0 Å². The zero-order chi connectivity index (χ0) is 16.7. The first kappa shape index (κ1) is 16.7. The lowest BCUT2D eigenvalue weighted by molar-refractivity contribution is -0.119. The minimum atomic E-state index is -0.169. The molecular weight excluding hydrogens is 286 g/mol. The fraction of sp³-hybridized carbons (Fsp3) is 0.263. The van der Waals surface area contributed by atoms with E-state index < -0.39 is 0 Å². The molecule has 2 aromatic carbocycles. The Hall–Kier alpha value is -2.62. The monoisotopic (exact) mass is 309 g/mol. The molecule has 0 saturated heterocycles. The summed E-state index contributed by atoms with van der Waals surface area (Å²) in [6.45, 7) is 6.20. The number of hydrogen-bond donors (Lipinski definition) is 2. The summed E-state index contributed by atoms with van der Waals surface area (Å²) in [4.78, 5) is 11.9. The molecule has 0 atom stereocenters. The standard InChI is InChI=1S/C19H23N3O/c1-4-16-9-11-17(12-10-16)15(3)21-22-19(23)13-20-18-8-6-5-7-14(18)2/h5-12,20H,4,13H2,1-3H3,(H,22,23). The third-order valence-corrected chi connectivity index (χ3v) is 3.71. The number of aryl methyl sites for hydroxylation is 2. The van der Waals surface area contributed by atoms with E-state index in [-0.39, 0.29) is 12.5 Å². The van der Waals surface area contributed by atoms with Crippen molar-refractivity contribution in [1.82, 2.24) is 5.43 Å². The molecule has 0 bridgehead atoms. The summed E-state index contributed by atoms with van der Waals surface area (Å²) >= 11 is 0. The third kappa shape index (κ3) is 4.95. The van der Waals surface area contributed by atoms with Crippen LogP contribution >= 0.6 is 0 Å². The summed E-state index contributed by atoms with van der Waals surface area (Å²) in [6, 6.07) is 16.1. The van der Waals surface area contributed by atoms with Crippen LogP contribution in [0.2, 0.25) is 0 Å². The molecule has 2 N–H and O–H groups in total. The first-order chi connectivity index (χ1) is 11.1. The van der Waals surface area contributed by atoms with Crippen molar-refractivity contribution >= 4 is 17.3 Å². The highest BCUT2D eigenvalue weighted by atomic mass is 16.2. The number of benzene rings is 2. The van der Waals surface area contributed by atoms with Crippen LogP contribution in [0, 0.1) is 6.92 Å². The fourth-order valence-electron chi connectivity index (χ4n) is 2.18. The maximum atomic E-state index is 11.9. The molecule has 2 aromatic rings. The second kappa shape index (κ2) is 8.13. The average molecular weight is 309 g/mol. The number of nitrogens with one attached hydrogen (secondary N) is 2. The van der Waals surface area contributed by atoms with Gasteiger partial charge in [0.05, 0.1) is 12.3 Å². The minimum Gasteiger partial charge on any atom is -0.376 e. The van der Waals surface area contributed by atoms with Gasteiger partial charge in [0.25, 0.3) is 5.91 Å². The Morgan fingerprint density at radius 3 is 2.43 bits per heavy atom. The summed E-state index contributed by atoms with van der Waals surface area (Å²) in [5.41, 5.74) is 7.73. The lowest BCUT2D eigenvalue weighted by Gasteiger charge is -2.08. The van der Waals surface area contributed by atoms with E-state index in [2.05, 4.69) is 34.9 Å². The summed E-state index contributed by atoms with van der Waals surface area (Å²) < 4.78 is 0. The van der Waals surface area contributed by atoms with Gasteiger partial charge in [-0.25, -0.2) is 5.43 Å². The highest BCUT2D eigenvalue weighted by Gasteiger charge is 2.03. The van der Waals surface area contributed by atoms with Crippen molar-refractivity contribution < 1.29 is 4.79 Å². The Morgan fingerprint density at radius 1 is 1.09 bits per heavy atom. The minimum absolute atomic E-state index is 0.169. The van der Waals surface area contributed by atoms with Crippen molar-refractivity contribution in [1.29, 1.82) is 0 Å². The van der Waals surface area contributed by atoms with Crippen LogP contribution in [0.4, 0.5) is 5.69 Å². The largest absolute Gasteiger partial charge is 0.376 e. The van der Waals surface area contributed by atoms with E-state index >= 15 is 0 Å². The molecule has 0 spiro atoms. The molecule has 4 heteroatoms. The summed E-state index contributed by atoms with van der Waals surface area (Å²) in [5, 5.41) is 7.27. The highest BCUT2D eigenvalue weighted by Crippen LogP contribution is 2.12. The molecule has 23 heavy (non-hydrogen) atoms. The fourth-order valence-corrected chi connectivity index (χ4v) is 2.18. The van der Waals surface area contributed by atoms with Crippen LogP contribution in [0.15, 0.2) is 53.6 Å². The second-order valence-corrected chi connectivity index (χ2v) is 5.45. The van der Waals surface area contributed by atoms with Gasteiger partial charge >= 0.3 is 0 Å². The molecule has 0 unspecified atom stereocenters. The zero-order valence-corrected chi connectivity index (χ0v) is 13.9. The molecule has 0 aliphatic carbocycles. The van der Waals surface area contributed by atoms with Gasteiger partial charge in [-0.3, -0.25) is 4.79 Å². The topological polar surface area (TPSA) is 53.5 Å². The van der Waals surface area contributed by atoms with Crippen molar-refractivity contribution in [2.45, 2.75) is 27.2 Å². The predicted octanol–water partition coefficient (Wildman–Crippen LogP) is 3.51. The van der Waals surface area contributed by atoms with Crippen LogP contribution in [0.25, 0.3) is 0 Å². The molecule has 0 saturated carbocycles. The Bertz CT molecular complexity index is 690. The van der Waals surface area contributed by atoms with Gasteiger partial charge < -0.3 is 5.32 Å². The number of hydrazone groups is 1. The first-order valence-electron chi connectivity index (χ1n) is 7.82. The van der Waals surface area contributed by atoms with Crippen LogP contribution in [0.5, 0.6) is 0 Å². The normalized spacial score (nSPS) is 11.2. The molecular formula is C19H23N3O. The summed E-state index contributed by atoms with van der Waals surface area (Å²) in [6.07, 6.45) is 1.01. The average Bonchev–Trinajstić information content (AvgIpc) is 2.59. The lowest BCUT2D eigenvalue weighted by Crippen LogP contribution is -2.27. The van der Waals surface area contributed by atoms with E-state index in [9.17, 15) is 4.79 Å². The molecule has 0 radical (unpaired) electrons. The number of rotatable bonds is 6. The van der Waals surface area contributed by atoms with Crippen molar-refractivity contribution in [3.63, 3.8) is 0 Å². The lowest BCUT2D eigenvalue weighted by atomic mass is 10.1. The van der Waals surface area contributed by atoms with E-state index in [0.717, 1.165) is 28.9 Å². The predicted molar refractivity (Wildman–Crippen MR) is 95.8 cm³/mol. The van der Waals surface area contributed by atoms with E-state index in [1.54, 1.807) is 0 Å². The quantitative estimate of drug-likeness (QED) is 0.634. The van der Waals surface area contributed by atoms with E-state index in [0.29, 0.717) is 0 Å². The smallest absolute Gasteiger partial charge is 0.259 e. The maximum absolute atomic E-state index is 11.9. The summed E-state index contributed by atoms with van der Waals surface area (Å²) in [7, 11) is 0. The number of carbonyl (C=O) groups is 1. The van der Waals surface area contributed by atoms with Gasteiger partial charge in [0, 0.05) is 5.69 Å². The number of amides is 1. The Labute approximate surface area is 137 Å². The molecule has 1 amide bonds. The molecule has 0 heterocycles. The van der Waals surface area contributed by atoms with Crippen LogP contribution in [-0.2, 0) is 11.2 Å². The summed E-state index contributed by atoms with van der Waals surface area (Å²) in [5.74, 6) is -0.169. The zero-order valence-electron chi connectivity index (χ0n) is 13.9. The van der Waals surface area contributed by atoms with Crippen molar-refractivity contribution in [3.05, 3.63) is 65.2 Å². The molecule has 0 aliphatic rings. The highest BCUT2D eigenvalue weighted by molar-refractivity contribution is 5.99. The third-order valence-electron chi connectivity index (χ3n) is 3.71. The molecule has 120 valence electrons. The number of para-hydroxylation sites is 1. The van der Waals surface area contributed by atoms with Crippen LogP contribution in [0.1, 0.15) is 30.5 Å². The van der Waals surface area contributed by atoms with Gasteiger partial charge in [-0.15, -0.1) is 0 Å². The van der Waals surface area contributed by atoms with Crippen LogP contribution in [0.3, 0.4) is 0 Å². The first-order valence-corrected chi connectivity index (χ1v) is 7.82. The number of hydrogen-bond acceptors (Lipinski definition) is 3. The van der Waals surface area contributed by atoms with Gasteiger partial charge in [0.15, 0.2) is 0 Å².